The van der Waals surface area contributed by atoms with Crippen molar-refractivity contribution in [3.8, 4) is 0 Å². The standard InChI is InChI=1S/C11H22N2O3/c1-7(8(14)15)13(6)9(16)10(2,3)11(4,5)12/h7H,12H2,1-6H3,(H,14,15). The van der Waals surface area contributed by atoms with E-state index >= 15 is 0 Å². The van der Waals surface area contributed by atoms with Crippen LogP contribution in [0.1, 0.15) is 34.6 Å². The molecule has 1 atom stereocenters. The van der Waals surface area contributed by atoms with Gasteiger partial charge in [0.2, 0.25) is 5.91 Å². The first-order chi connectivity index (χ1) is 6.93. The summed E-state index contributed by atoms with van der Waals surface area (Å²) in [5, 5.41) is 8.84. The second-order valence-corrected chi connectivity index (χ2v) is 5.28. The molecule has 16 heavy (non-hydrogen) atoms. The molecule has 94 valence electrons. The fourth-order valence-electron chi connectivity index (χ4n) is 1.06. The highest BCUT2D eigenvalue weighted by molar-refractivity contribution is 5.87. The minimum absolute atomic E-state index is 0.269. The van der Waals surface area contributed by atoms with Crippen LogP contribution < -0.4 is 5.73 Å². The zero-order valence-electron chi connectivity index (χ0n) is 10.9. The highest BCUT2D eigenvalue weighted by Gasteiger charge is 2.43. The van der Waals surface area contributed by atoms with Crippen LogP contribution in [0.4, 0.5) is 0 Å². The van der Waals surface area contributed by atoms with Crippen LogP contribution in [0, 0.1) is 5.41 Å². The molecule has 0 aromatic carbocycles. The van der Waals surface area contributed by atoms with Gasteiger partial charge in [0.05, 0.1) is 5.41 Å². The van der Waals surface area contributed by atoms with E-state index in [1.165, 1.54) is 18.9 Å². The number of aliphatic carboxylic acids is 1. The Balaban J connectivity index is 5.01. The van der Waals surface area contributed by atoms with Crippen LogP contribution in [0.2, 0.25) is 0 Å². The molecule has 5 heteroatoms. The second kappa shape index (κ2) is 4.41. The third-order valence-electron chi connectivity index (χ3n) is 3.40. The highest BCUT2D eigenvalue weighted by atomic mass is 16.4. The highest BCUT2D eigenvalue weighted by Crippen LogP contribution is 2.30. The number of nitrogens with zero attached hydrogens (tertiary/aromatic N) is 1. The lowest BCUT2D eigenvalue weighted by molar-refractivity contribution is -0.153. The van der Waals surface area contributed by atoms with E-state index in [1.54, 1.807) is 27.7 Å². The van der Waals surface area contributed by atoms with Crippen LogP contribution in [0.25, 0.3) is 0 Å². The maximum atomic E-state index is 12.1. The molecule has 0 saturated carbocycles. The number of amides is 1. The molecule has 0 radical (unpaired) electrons. The van der Waals surface area contributed by atoms with Gasteiger partial charge in [0.25, 0.3) is 0 Å². The van der Waals surface area contributed by atoms with Gasteiger partial charge in [-0.3, -0.25) is 4.79 Å². The molecule has 0 aliphatic rings. The van der Waals surface area contributed by atoms with Crippen molar-refractivity contribution in [1.29, 1.82) is 0 Å². The molecule has 0 aliphatic carbocycles. The molecule has 0 rings (SSSR count). The molecule has 3 N–H and O–H groups in total. The number of hydrogen-bond acceptors (Lipinski definition) is 3. The van der Waals surface area contributed by atoms with Crippen molar-refractivity contribution in [3.05, 3.63) is 0 Å². The summed E-state index contributed by atoms with van der Waals surface area (Å²) in [5.74, 6) is -1.30. The molecule has 0 saturated heterocycles. The molecule has 1 amide bonds. The summed E-state index contributed by atoms with van der Waals surface area (Å²) in [6, 6.07) is -0.853. The normalized spacial score (nSPS) is 14.4. The zero-order chi connectivity index (χ0) is 13.3. The Bertz CT molecular complexity index is 292. The van der Waals surface area contributed by atoms with Gasteiger partial charge in [-0.2, -0.15) is 0 Å². The van der Waals surface area contributed by atoms with Crippen LogP contribution in [0.5, 0.6) is 0 Å². The number of carbonyl (C=O) groups excluding carboxylic acids is 1. The van der Waals surface area contributed by atoms with Crippen LogP contribution in [0.3, 0.4) is 0 Å². The summed E-state index contributed by atoms with van der Waals surface area (Å²) in [6.45, 7) is 8.43. The van der Waals surface area contributed by atoms with Crippen LogP contribution in [0.15, 0.2) is 0 Å². The average Bonchev–Trinajstić information content (AvgIpc) is 2.12. The maximum Gasteiger partial charge on any atom is 0.326 e. The minimum Gasteiger partial charge on any atom is -0.480 e. The van der Waals surface area contributed by atoms with Crippen molar-refractivity contribution in [3.63, 3.8) is 0 Å². The molecule has 0 heterocycles. The molecule has 0 aromatic heterocycles. The van der Waals surface area contributed by atoms with Gasteiger partial charge in [-0.25, -0.2) is 4.79 Å². The number of carboxylic acid groups (broad SMARTS) is 1. The van der Waals surface area contributed by atoms with E-state index in [4.69, 9.17) is 10.8 Å². The third kappa shape index (κ3) is 2.72. The van der Waals surface area contributed by atoms with Gasteiger partial charge in [0.1, 0.15) is 6.04 Å². The topological polar surface area (TPSA) is 83.6 Å². The molecule has 0 spiro atoms. The largest absolute Gasteiger partial charge is 0.480 e. The van der Waals surface area contributed by atoms with Gasteiger partial charge in [0.15, 0.2) is 0 Å². The lowest BCUT2D eigenvalue weighted by Crippen LogP contribution is -2.57. The van der Waals surface area contributed by atoms with Crippen molar-refractivity contribution in [1.82, 2.24) is 4.90 Å². The van der Waals surface area contributed by atoms with Crippen molar-refractivity contribution in [2.45, 2.75) is 46.2 Å². The van der Waals surface area contributed by atoms with Gasteiger partial charge >= 0.3 is 5.97 Å². The van der Waals surface area contributed by atoms with Crippen LogP contribution in [-0.4, -0.2) is 40.5 Å². The first-order valence-electron chi connectivity index (χ1n) is 5.22. The minimum atomic E-state index is -1.03. The molecule has 0 aromatic rings. The summed E-state index contributed by atoms with van der Waals surface area (Å²) in [7, 11) is 1.48. The van der Waals surface area contributed by atoms with Crippen LogP contribution >= 0.6 is 0 Å². The van der Waals surface area contributed by atoms with Gasteiger partial charge < -0.3 is 15.7 Å². The third-order valence-corrected chi connectivity index (χ3v) is 3.40. The lowest BCUT2D eigenvalue weighted by atomic mass is 9.74. The summed E-state index contributed by atoms with van der Waals surface area (Å²) in [4.78, 5) is 24.2. The maximum absolute atomic E-state index is 12.1. The first-order valence-corrected chi connectivity index (χ1v) is 5.22. The van der Waals surface area contributed by atoms with Gasteiger partial charge in [-0.15, -0.1) is 0 Å². The Labute approximate surface area is 96.6 Å². The van der Waals surface area contributed by atoms with Crippen molar-refractivity contribution >= 4 is 11.9 Å². The summed E-state index contributed by atoms with van der Waals surface area (Å²) >= 11 is 0. The van der Waals surface area contributed by atoms with E-state index in [1.807, 2.05) is 0 Å². The zero-order valence-corrected chi connectivity index (χ0v) is 10.9. The average molecular weight is 230 g/mol. The quantitative estimate of drug-likeness (QED) is 0.744. The van der Waals surface area contributed by atoms with Crippen molar-refractivity contribution in [2.24, 2.45) is 11.1 Å². The predicted molar refractivity (Wildman–Crippen MR) is 61.9 cm³/mol. The fraction of sp³-hybridized carbons (Fsp3) is 0.818. The van der Waals surface area contributed by atoms with E-state index in [9.17, 15) is 9.59 Å². The molecule has 1 unspecified atom stereocenters. The number of carboxylic acids is 1. The van der Waals surface area contributed by atoms with Crippen LogP contribution in [-0.2, 0) is 9.59 Å². The molecule has 0 aliphatic heterocycles. The summed E-state index contributed by atoms with van der Waals surface area (Å²) in [6.07, 6.45) is 0. The SMILES string of the molecule is CC(C(=O)O)N(C)C(=O)C(C)(C)C(C)(C)N. The van der Waals surface area contributed by atoms with Gasteiger partial charge in [-0.05, 0) is 34.6 Å². The lowest BCUT2D eigenvalue weighted by Gasteiger charge is -2.40. The van der Waals surface area contributed by atoms with E-state index < -0.39 is 23.0 Å². The number of rotatable bonds is 4. The summed E-state index contributed by atoms with van der Waals surface area (Å²) in [5.41, 5.74) is 4.41. The second-order valence-electron chi connectivity index (χ2n) is 5.28. The van der Waals surface area contributed by atoms with Gasteiger partial charge in [0, 0.05) is 12.6 Å². The molecular weight excluding hydrogens is 208 g/mol. The first kappa shape index (κ1) is 14.9. The smallest absolute Gasteiger partial charge is 0.326 e. The monoisotopic (exact) mass is 230 g/mol. The number of likely N-dealkylation sites (N-methyl/N-ethyl adjacent to an activating group) is 1. The van der Waals surface area contributed by atoms with Gasteiger partial charge in [-0.1, -0.05) is 0 Å². The molecule has 0 bridgehead atoms. The van der Waals surface area contributed by atoms with E-state index in [2.05, 4.69) is 0 Å². The fourth-order valence-corrected chi connectivity index (χ4v) is 1.06. The van der Waals surface area contributed by atoms with E-state index in [0.29, 0.717) is 0 Å². The molecule has 0 fully saturated rings. The number of hydrogen-bond donors (Lipinski definition) is 2. The summed E-state index contributed by atoms with van der Waals surface area (Å²) < 4.78 is 0. The van der Waals surface area contributed by atoms with Crippen molar-refractivity contribution < 1.29 is 14.7 Å². The Morgan fingerprint density at radius 3 is 1.88 bits per heavy atom. The van der Waals surface area contributed by atoms with E-state index in [-0.39, 0.29) is 5.91 Å². The molecule has 5 nitrogen and oxygen atoms in total. The Kier molecular flexibility index (Phi) is 4.11. The van der Waals surface area contributed by atoms with E-state index in [0.717, 1.165) is 0 Å². The Morgan fingerprint density at radius 1 is 1.25 bits per heavy atom. The molecular formula is C11H22N2O3. The predicted octanol–water partition coefficient (Wildman–Crippen LogP) is 0.681. The number of nitrogens with two attached hydrogens (primary N) is 1. The Hall–Kier alpha value is -1.10. The van der Waals surface area contributed by atoms with Crippen molar-refractivity contribution in [2.75, 3.05) is 7.05 Å². The number of carbonyl (C=O) groups is 2. The Morgan fingerprint density at radius 2 is 1.62 bits per heavy atom.